The Morgan fingerprint density at radius 3 is 2.64 bits per heavy atom. The van der Waals surface area contributed by atoms with Crippen molar-refractivity contribution in [2.24, 2.45) is 0 Å². The van der Waals surface area contributed by atoms with Gasteiger partial charge in [-0.1, -0.05) is 25.6 Å². The van der Waals surface area contributed by atoms with Crippen molar-refractivity contribution in [2.45, 2.75) is 13.3 Å². The minimum Gasteiger partial charge on any atom is -0.497 e. The number of thiazole rings is 1. The van der Waals surface area contributed by atoms with Crippen LogP contribution in [0.1, 0.15) is 13.3 Å². The Balaban J connectivity index is 1.99. The number of methoxy groups -OCH3 is 1. The molecule has 1 amide bonds. The number of para-hydroxylation sites is 2. The smallest absolute Gasteiger partial charge is 0.256 e. The predicted octanol–water partition coefficient (Wildman–Crippen LogP) is 5.46. The topological polar surface area (TPSA) is 51.7 Å². The fourth-order valence-electron chi connectivity index (χ4n) is 2.64. The van der Waals surface area contributed by atoms with Gasteiger partial charge in [0.25, 0.3) is 5.91 Å². The van der Waals surface area contributed by atoms with E-state index >= 15 is 0 Å². The zero-order valence-corrected chi connectivity index (χ0v) is 16.7. The first-order chi connectivity index (χ1) is 13.7. The Morgan fingerprint density at radius 2 is 1.96 bits per heavy atom. The molecule has 3 aromatic rings. The second kappa shape index (κ2) is 9.19. The standard InChI is InChI=1S/C22H22N2O3S/c1-4-14-27-20-9-7-6-8-19(20)24(21(25)5-2)22-23-18(15-28-22)16-10-12-17(26-3)13-11-16/h5-13,15H,2,4,14H2,1,3H3. The predicted molar refractivity (Wildman–Crippen MR) is 114 cm³/mol. The summed E-state index contributed by atoms with van der Waals surface area (Å²) in [6, 6.07) is 15.1. The Morgan fingerprint density at radius 1 is 1.21 bits per heavy atom. The summed E-state index contributed by atoms with van der Waals surface area (Å²) in [5.41, 5.74) is 2.39. The van der Waals surface area contributed by atoms with Crippen molar-refractivity contribution in [1.29, 1.82) is 0 Å². The number of carbonyl (C=O) groups excluding carboxylic acids is 1. The maximum absolute atomic E-state index is 12.7. The van der Waals surface area contributed by atoms with Crippen LogP contribution in [0.15, 0.2) is 66.6 Å². The molecule has 0 radical (unpaired) electrons. The highest BCUT2D eigenvalue weighted by molar-refractivity contribution is 7.14. The number of carbonyl (C=O) groups is 1. The van der Waals surface area contributed by atoms with E-state index in [0.29, 0.717) is 23.2 Å². The van der Waals surface area contributed by atoms with Crippen LogP contribution in [-0.2, 0) is 4.79 Å². The number of rotatable bonds is 8. The molecule has 0 saturated carbocycles. The molecule has 28 heavy (non-hydrogen) atoms. The van der Waals surface area contributed by atoms with Crippen molar-refractivity contribution in [3.8, 4) is 22.8 Å². The van der Waals surface area contributed by atoms with Crippen LogP contribution in [0.3, 0.4) is 0 Å². The van der Waals surface area contributed by atoms with Gasteiger partial charge in [-0.2, -0.15) is 0 Å². The van der Waals surface area contributed by atoms with E-state index in [9.17, 15) is 4.79 Å². The normalized spacial score (nSPS) is 10.4. The molecular formula is C22H22N2O3S. The molecule has 0 N–H and O–H groups in total. The number of benzene rings is 2. The minimum absolute atomic E-state index is 0.261. The van der Waals surface area contributed by atoms with E-state index < -0.39 is 0 Å². The zero-order valence-electron chi connectivity index (χ0n) is 15.9. The number of ether oxygens (including phenoxy) is 2. The number of amides is 1. The van der Waals surface area contributed by atoms with E-state index in [1.807, 2.05) is 60.8 Å². The molecule has 0 spiro atoms. The molecule has 0 atom stereocenters. The van der Waals surface area contributed by atoms with Gasteiger partial charge in [-0.05, 0) is 48.9 Å². The van der Waals surface area contributed by atoms with E-state index in [4.69, 9.17) is 9.47 Å². The molecule has 2 aromatic carbocycles. The second-order valence-corrected chi connectivity index (χ2v) is 6.77. The summed E-state index contributed by atoms with van der Waals surface area (Å²) in [5.74, 6) is 1.16. The van der Waals surface area contributed by atoms with E-state index in [-0.39, 0.29) is 5.91 Å². The Labute approximate surface area is 168 Å². The van der Waals surface area contributed by atoms with E-state index in [0.717, 1.165) is 23.4 Å². The van der Waals surface area contributed by atoms with Crippen LogP contribution in [0, 0.1) is 0 Å². The molecule has 1 heterocycles. The van der Waals surface area contributed by atoms with Gasteiger partial charge < -0.3 is 9.47 Å². The third kappa shape index (κ3) is 4.23. The summed E-state index contributed by atoms with van der Waals surface area (Å²) in [6.07, 6.45) is 2.16. The Bertz CT molecular complexity index is 950. The van der Waals surface area contributed by atoms with Crippen molar-refractivity contribution >= 4 is 28.1 Å². The zero-order chi connectivity index (χ0) is 19.9. The summed E-state index contributed by atoms with van der Waals surface area (Å²) >= 11 is 1.39. The van der Waals surface area contributed by atoms with Gasteiger partial charge in [0.05, 0.1) is 25.1 Å². The van der Waals surface area contributed by atoms with Crippen molar-refractivity contribution in [3.05, 3.63) is 66.6 Å². The molecule has 3 rings (SSSR count). The lowest BCUT2D eigenvalue weighted by molar-refractivity contribution is -0.113. The summed E-state index contributed by atoms with van der Waals surface area (Å²) < 4.78 is 11.0. The molecule has 0 aliphatic rings. The molecule has 0 bridgehead atoms. The SMILES string of the molecule is C=CC(=O)N(c1nc(-c2ccc(OC)cc2)cs1)c1ccccc1OCCC. The summed E-state index contributed by atoms with van der Waals surface area (Å²) in [4.78, 5) is 18.9. The van der Waals surface area contributed by atoms with Crippen molar-refractivity contribution in [1.82, 2.24) is 4.98 Å². The van der Waals surface area contributed by atoms with E-state index in [1.165, 1.54) is 22.3 Å². The van der Waals surface area contributed by atoms with Crippen LogP contribution in [0.25, 0.3) is 11.3 Å². The van der Waals surface area contributed by atoms with Gasteiger partial charge in [0.2, 0.25) is 0 Å². The van der Waals surface area contributed by atoms with Crippen molar-refractivity contribution in [3.63, 3.8) is 0 Å². The molecule has 0 aliphatic carbocycles. The van der Waals surface area contributed by atoms with Crippen LogP contribution < -0.4 is 14.4 Å². The highest BCUT2D eigenvalue weighted by Crippen LogP contribution is 2.37. The third-order valence-electron chi connectivity index (χ3n) is 4.03. The molecule has 0 saturated heterocycles. The first-order valence-electron chi connectivity index (χ1n) is 8.96. The maximum atomic E-state index is 12.7. The largest absolute Gasteiger partial charge is 0.497 e. The van der Waals surface area contributed by atoms with E-state index in [2.05, 4.69) is 11.6 Å². The van der Waals surface area contributed by atoms with Gasteiger partial charge in [0, 0.05) is 10.9 Å². The lowest BCUT2D eigenvalue weighted by Gasteiger charge is -2.21. The Kier molecular flexibility index (Phi) is 6.45. The first kappa shape index (κ1) is 19.6. The molecule has 1 aromatic heterocycles. The van der Waals surface area contributed by atoms with Gasteiger partial charge in [-0.15, -0.1) is 11.3 Å². The first-order valence-corrected chi connectivity index (χ1v) is 9.84. The minimum atomic E-state index is -0.261. The van der Waals surface area contributed by atoms with Crippen LogP contribution in [0.5, 0.6) is 11.5 Å². The van der Waals surface area contributed by atoms with Crippen molar-refractivity contribution < 1.29 is 14.3 Å². The quantitative estimate of drug-likeness (QED) is 0.476. The van der Waals surface area contributed by atoms with Crippen LogP contribution in [0.2, 0.25) is 0 Å². The highest BCUT2D eigenvalue weighted by atomic mass is 32.1. The van der Waals surface area contributed by atoms with E-state index in [1.54, 1.807) is 7.11 Å². The second-order valence-electron chi connectivity index (χ2n) is 5.94. The van der Waals surface area contributed by atoms with Crippen LogP contribution in [-0.4, -0.2) is 24.6 Å². The molecule has 6 heteroatoms. The molecule has 0 aliphatic heterocycles. The van der Waals surface area contributed by atoms with Crippen molar-refractivity contribution in [2.75, 3.05) is 18.6 Å². The highest BCUT2D eigenvalue weighted by Gasteiger charge is 2.22. The van der Waals surface area contributed by atoms with Crippen LogP contribution >= 0.6 is 11.3 Å². The number of nitrogens with zero attached hydrogens (tertiary/aromatic N) is 2. The van der Waals surface area contributed by atoms with Gasteiger partial charge in [0.1, 0.15) is 11.5 Å². The maximum Gasteiger partial charge on any atom is 0.256 e. The fourth-order valence-corrected chi connectivity index (χ4v) is 3.50. The number of aromatic nitrogens is 1. The monoisotopic (exact) mass is 394 g/mol. The Hall–Kier alpha value is -3.12. The fraction of sp³-hybridized carbons (Fsp3) is 0.182. The lowest BCUT2D eigenvalue weighted by atomic mass is 10.2. The van der Waals surface area contributed by atoms with Gasteiger partial charge >= 0.3 is 0 Å². The molecule has 5 nitrogen and oxygen atoms in total. The average molecular weight is 394 g/mol. The van der Waals surface area contributed by atoms with Gasteiger partial charge in [-0.25, -0.2) is 9.88 Å². The van der Waals surface area contributed by atoms with Gasteiger partial charge in [-0.3, -0.25) is 4.79 Å². The lowest BCUT2D eigenvalue weighted by Crippen LogP contribution is -2.24. The summed E-state index contributed by atoms with van der Waals surface area (Å²) in [7, 11) is 1.63. The number of anilines is 2. The average Bonchev–Trinajstić information content (AvgIpc) is 3.22. The van der Waals surface area contributed by atoms with Gasteiger partial charge in [0.15, 0.2) is 5.13 Å². The summed E-state index contributed by atoms with van der Waals surface area (Å²) in [6.45, 7) is 6.25. The third-order valence-corrected chi connectivity index (χ3v) is 4.86. The molecule has 0 unspecified atom stereocenters. The summed E-state index contributed by atoms with van der Waals surface area (Å²) in [5, 5.41) is 2.49. The molecular weight excluding hydrogens is 372 g/mol. The van der Waals surface area contributed by atoms with Crippen LogP contribution in [0.4, 0.5) is 10.8 Å². The number of hydrogen-bond donors (Lipinski definition) is 0. The molecule has 144 valence electrons. The number of hydrogen-bond acceptors (Lipinski definition) is 5. The molecule has 0 fully saturated rings.